The van der Waals surface area contributed by atoms with Crippen molar-refractivity contribution in [2.45, 2.75) is 51.1 Å². The molecule has 5 heteroatoms. The number of aromatic nitrogens is 3. The molecule has 1 fully saturated rings. The third-order valence-electron chi connectivity index (χ3n) is 3.88. The van der Waals surface area contributed by atoms with Crippen LogP contribution >= 0.6 is 0 Å². The average Bonchev–Trinajstić information content (AvgIpc) is 3.04. The highest BCUT2D eigenvalue weighted by atomic mass is 15.3. The zero-order chi connectivity index (χ0) is 12.8. The Bertz CT molecular complexity index is 394. The lowest BCUT2D eigenvalue weighted by molar-refractivity contribution is 0.287. The Labute approximate surface area is 108 Å². The summed E-state index contributed by atoms with van der Waals surface area (Å²) in [5, 5.41) is 17.1. The third-order valence-corrected chi connectivity index (χ3v) is 3.88. The molecule has 0 saturated heterocycles. The molecule has 1 aromatic rings. The van der Waals surface area contributed by atoms with Gasteiger partial charge in [-0.3, -0.25) is 10.00 Å². The second-order valence-electron chi connectivity index (χ2n) is 5.05. The molecule has 0 bridgehead atoms. The summed E-state index contributed by atoms with van der Waals surface area (Å²) in [7, 11) is 0. The van der Waals surface area contributed by atoms with Crippen LogP contribution in [0.4, 0.5) is 0 Å². The van der Waals surface area contributed by atoms with E-state index in [4.69, 9.17) is 0 Å². The van der Waals surface area contributed by atoms with Crippen LogP contribution in [0.2, 0.25) is 0 Å². The Morgan fingerprint density at radius 1 is 1.61 bits per heavy atom. The zero-order valence-electron chi connectivity index (χ0n) is 11.0. The first-order chi connectivity index (χ1) is 8.80. The van der Waals surface area contributed by atoms with Gasteiger partial charge in [-0.1, -0.05) is 13.3 Å². The summed E-state index contributed by atoms with van der Waals surface area (Å²) < 4.78 is 1.85. The maximum atomic E-state index is 9.52. The summed E-state index contributed by atoms with van der Waals surface area (Å²) in [5.74, 6) is 0.429. The zero-order valence-corrected chi connectivity index (χ0v) is 11.0. The molecule has 1 aromatic heterocycles. The minimum atomic E-state index is -0.309. The SMILES string of the molecule is CCCNC1(C#N)CCCC1CCn1cncn1. The van der Waals surface area contributed by atoms with Crippen LogP contribution in [0.3, 0.4) is 0 Å². The largest absolute Gasteiger partial charge is 0.299 e. The van der Waals surface area contributed by atoms with E-state index in [1.807, 2.05) is 4.68 Å². The predicted octanol–water partition coefficient (Wildman–Crippen LogP) is 1.73. The van der Waals surface area contributed by atoms with Gasteiger partial charge in [0.2, 0.25) is 0 Å². The molecule has 5 nitrogen and oxygen atoms in total. The summed E-state index contributed by atoms with van der Waals surface area (Å²) in [6.07, 6.45) is 8.62. The molecule has 1 aliphatic carbocycles. The predicted molar refractivity (Wildman–Crippen MR) is 68.6 cm³/mol. The first-order valence-corrected chi connectivity index (χ1v) is 6.79. The molecule has 1 heterocycles. The van der Waals surface area contributed by atoms with Crippen LogP contribution in [0.1, 0.15) is 39.0 Å². The molecular formula is C13H21N5. The van der Waals surface area contributed by atoms with Crippen molar-refractivity contribution in [1.82, 2.24) is 20.1 Å². The van der Waals surface area contributed by atoms with Gasteiger partial charge in [0, 0.05) is 6.54 Å². The first-order valence-electron chi connectivity index (χ1n) is 6.79. The van der Waals surface area contributed by atoms with Crippen molar-refractivity contribution in [2.75, 3.05) is 6.54 Å². The summed E-state index contributed by atoms with van der Waals surface area (Å²) >= 11 is 0. The van der Waals surface area contributed by atoms with Crippen molar-refractivity contribution < 1.29 is 0 Å². The van der Waals surface area contributed by atoms with Crippen molar-refractivity contribution in [2.24, 2.45) is 5.92 Å². The molecule has 0 spiro atoms. The highest BCUT2D eigenvalue weighted by molar-refractivity contribution is 5.13. The molecule has 2 atom stereocenters. The van der Waals surface area contributed by atoms with E-state index in [1.54, 1.807) is 12.7 Å². The van der Waals surface area contributed by atoms with Crippen LogP contribution in [-0.2, 0) is 6.54 Å². The second kappa shape index (κ2) is 5.96. The first kappa shape index (κ1) is 13.0. The number of nitrogens with one attached hydrogen (secondary N) is 1. The lowest BCUT2D eigenvalue weighted by atomic mass is 9.85. The van der Waals surface area contributed by atoms with Gasteiger partial charge in [-0.05, 0) is 38.1 Å². The Balaban J connectivity index is 1.95. The van der Waals surface area contributed by atoms with Crippen molar-refractivity contribution >= 4 is 0 Å². The quantitative estimate of drug-likeness (QED) is 0.831. The Kier molecular flexibility index (Phi) is 4.32. The van der Waals surface area contributed by atoms with Crippen LogP contribution in [-0.4, -0.2) is 26.8 Å². The summed E-state index contributed by atoms with van der Waals surface area (Å²) in [5.41, 5.74) is -0.309. The molecule has 18 heavy (non-hydrogen) atoms. The molecule has 1 saturated carbocycles. The highest BCUT2D eigenvalue weighted by Gasteiger charge is 2.42. The number of nitrogens with zero attached hydrogens (tertiary/aromatic N) is 4. The third kappa shape index (κ3) is 2.70. The molecule has 2 rings (SSSR count). The van der Waals surface area contributed by atoms with Crippen LogP contribution < -0.4 is 5.32 Å². The number of aryl methyl sites for hydroxylation is 1. The Morgan fingerprint density at radius 3 is 3.17 bits per heavy atom. The minimum absolute atomic E-state index is 0.309. The van der Waals surface area contributed by atoms with Gasteiger partial charge in [-0.25, -0.2) is 4.98 Å². The molecule has 0 radical (unpaired) electrons. The fourth-order valence-corrected chi connectivity index (χ4v) is 2.87. The fourth-order valence-electron chi connectivity index (χ4n) is 2.87. The van der Waals surface area contributed by atoms with E-state index in [0.717, 1.165) is 45.2 Å². The normalized spacial score (nSPS) is 27.2. The molecule has 98 valence electrons. The lowest BCUT2D eigenvalue weighted by Gasteiger charge is -2.30. The van der Waals surface area contributed by atoms with Crippen molar-refractivity contribution in [3.05, 3.63) is 12.7 Å². The van der Waals surface area contributed by atoms with E-state index in [1.165, 1.54) is 0 Å². The molecule has 1 N–H and O–H groups in total. The van der Waals surface area contributed by atoms with E-state index >= 15 is 0 Å². The summed E-state index contributed by atoms with van der Waals surface area (Å²) in [4.78, 5) is 3.94. The fraction of sp³-hybridized carbons (Fsp3) is 0.769. The monoisotopic (exact) mass is 247 g/mol. The Hall–Kier alpha value is -1.41. The molecule has 0 aliphatic heterocycles. The van der Waals surface area contributed by atoms with Gasteiger partial charge in [0.25, 0.3) is 0 Å². The standard InChI is InChI=1S/C13H21N5/c1-2-7-16-13(9-14)6-3-4-12(13)5-8-18-11-15-10-17-18/h10-12,16H,2-8H2,1H3. The average molecular weight is 247 g/mol. The summed E-state index contributed by atoms with van der Waals surface area (Å²) in [6, 6.07) is 2.54. The maximum absolute atomic E-state index is 9.52. The molecule has 0 amide bonds. The minimum Gasteiger partial charge on any atom is -0.299 e. The number of nitriles is 1. The van der Waals surface area contributed by atoms with E-state index in [-0.39, 0.29) is 5.54 Å². The number of hydrogen-bond donors (Lipinski definition) is 1. The molecule has 1 aliphatic rings. The molecule has 0 aromatic carbocycles. The van der Waals surface area contributed by atoms with Crippen molar-refractivity contribution in [1.29, 1.82) is 5.26 Å². The highest BCUT2D eigenvalue weighted by Crippen LogP contribution is 2.37. The topological polar surface area (TPSA) is 66.5 Å². The van der Waals surface area contributed by atoms with Crippen molar-refractivity contribution in [3.63, 3.8) is 0 Å². The molecular weight excluding hydrogens is 226 g/mol. The van der Waals surface area contributed by atoms with Crippen LogP contribution in [0.5, 0.6) is 0 Å². The van der Waals surface area contributed by atoms with E-state index in [9.17, 15) is 5.26 Å². The van der Waals surface area contributed by atoms with Gasteiger partial charge in [0.05, 0.1) is 6.07 Å². The van der Waals surface area contributed by atoms with E-state index in [0.29, 0.717) is 5.92 Å². The smallest absolute Gasteiger partial charge is 0.137 e. The number of rotatable bonds is 6. The Morgan fingerprint density at radius 2 is 2.50 bits per heavy atom. The van der Waals surface area contributed by atoms with Crippen LogP contribution in [0.15, 0.2) is 12.7 Å². The van der Waals surface area contributed by atoms with Crippen molar-refractivity contribution in [3.8, 4) is 6.07 Å². The maximum Gasteiger partial charge on any atom is 0.137 e. The lowest BCUT2D eigenvalue weighted by Crippen LogP contribution is -2.47. The van der Waals surface area contributed by atoms with E-state index in [2.05, 4.69) is 28.4 Å². The van der Waals surface area contributed by atoms with Gasteiger partial charge in [-0.2, -0.15) is 10.4 Å². The van der Waals surface area contributed by atoms with Gasteiger partial charge < -0.3 is 0 Å². The van der Waals surface area contributed by atoms with Gasteiger partial charge in [0.1, 0.15) is 18.2 Å². The van der Waals surface area contributed by atoms with Crippen LogP contribution in [0.25, 0.3) is 0 Å². The van der Waals surface area contributed by atoms with Gasteiger partial charge >= 0.3 is 0 Å². The number of hydrogen-bond acceptors (Lipinski definition) is 4. The van der Waals surface area contributed by atoms with E-state index < -0.39 is 0 Å². The van der Waals surface area contributed by atoms with Gasteiger partial charge in [-0.15, -0.1) is 0 Å². The molecule has 2 unspecified atom stereocenters. The van der Waals surface area contributed by atoms with Gasteiger partial charge in [0.15, 0.2) is 0 Å². The summed E-state index contributed by atoms with van der Waals surface area (Å²) in [6.45, 7) is 3.91. The second-order valence-corrected chi connectivity index (χ2v) is 5.05. The van der Waals surface area contributed by atoms with Crippen LogP contribution in [0, 0.1) is 17.2 Å².